The first-order valence-electron chi connectivity index (χ1n) is 10.8. The summed E-state index contributed by atoms with van der Waals surface area (Å²) in [6, 6.07) is 9.63. The minimum Gasteiger partial charge on any atom is -0.438 e. The second-order valence-corrected chi connectivity index (χ2v) is 7.66. The van der Waals surface area contributed by atoms with Crippen LogP contribution in [0, 0.1) is 12.7 Å². The zero-order valence-corrected chi connectivity index (χ0v) is 19.1. The van der Waals surface area contributed by atoms with Crippen molar-refractivity contribution in [3.8, 4) is 23.0 Å². The van der Waals surface area contributed by atoms with Crippen LogP contribution in [0.4, 0.5) is 23.2 Å². The van der Waals surface area contributed by atoms with Gasteiger partial charge in [-0.1, -0.05) is 13.0 Å². The van der Waals surface area contributed by atoms with E-state index >= 15 is 0 Å². The molecule has 0 aliphatic rings. The zero-order chi connectivity index (χ0) is 25.9. The first kappa shape index (κ1) is 24.7. The van der Waals surface area contributed by atoms with Crippen LogP contribution < -0.4 is 10.1 Å². The molecule has 2 heterocycles. The molecule has 0 aliphatic carbocycles. The number of halogens is 4. The van der Waals surface area contributed by atoms with Crippen molar-refractivity contribution in [1.29, 1.82) is 0 Å². The number of benzene rings is 2. The molecule has 0 atom stereocenters. The van der Waals surface area contributed by atoms with Crippen molar-refractivity contribution in [2.75, 3.05) is 5.32 Å². The third-order valence-corrected chi connectivity index (χ3v) is 5.15. The Kier molecular flexibility index (Phi) is 6.91. The summed E-state index contributed by atoms with van der Waals surface area (Å²) < 4.78 is 59.1. The summed E-state index contributed by atoms with van der Waals surface area (Å²) >= 11 is 0. The highest BCUT2D eigenvalue weighted by Gasteiger charge is 2.31. The van der Waals surface area contributed by atoms with Crippen molar-refractivity contribution in [2.45, 2.75) is 26.4 Å². The van der Waals surface area contributed by atoms with Crippen LogP contribution in [0.15, 0.2) is 61.1 Å². The lowest BCUT2D eigenvalue weighted by Crippen LogP contribution is -2.14. The predicted octanol–water partition coefficient (Wildman–Crippen LogP) is 6.01. The highest BCUT2D eigenvalue weighted by molar-refractivity contribution is 6.04. The molecule has 2 aromatic heterocycles. The molecule has 1 N–H and O–H groups in total. The van der Waals surface area contributed by atoms with E-state index in [1.165, 1.54) is 24.7 Å². The van der Waals surface area contributed by atoms with Crippen molar-refractivity contribution >= 4 is 11.6 Å². The number of nitrogens with zero attached hydrogens (tertiary/aromatic N) is 4. The smallest absolute Gasteiger partial charge is 0.416 e. The molecule has 0 bridgehead atoms. The number of ether oxygens (including phenoxy) is 1. The summed E-state index contributed by atoms with van der Waals surface area (Å²) in [7, 11) is 0. The number of alkyl halides is 3. The molecule has 1 amide bonds. The van der Waals surface area contributed by atoms with Crippen molar-refractivity contribution in [1.82, 2.24) is 19.9 Å². The van der Waals surface area contributed by atoms with E-state index in [2.05, 4.69) is 25.3 Å². The molecule has 0 saturated carbocycles. The van der Waals surface area contributed by atoms with Gasteiger partial charge in [0.25, 0.3) is 5.91 Å². The number of rotatable bonds is 6. The molecule has 0 fully saturated rings. The maximum atomic E-state index is 14.1. The van der Waals surface area contributed by atoms with Crippen molar-refractivity contribution in [3.63, 3.8) is 0 Å². The third kappa shape index (κ3) is 5.45. The molecule has 11 heteroatoms. The summed E-state index contributed by atoms with van der Waals surface area (Å²) in [5.74, 6) is -0.429. The topological polar surface area (TPSA) is 89.9 Å². The van der Waals surface area contributed by atoms with Crippen LogP contribution in [-0.4, -0.2) is 25.8 Å². The number of carbonyl (C=O) groups is 1. The lowest BCUT2D eigenvalue weighted by Gasteiger charge is -2.14. The van der Waals surface area contributed by atoms with Gasteiger partial charge in [-0.2, -0.15) is 13.2 Å². The predicted molar refractivity (Wildman–Crippen MR) is 123 cm³/mol. The summed E-state index contributed by atoms with van der Waals surface area (Å²) in [5.41, 5.74) is -0.489. The van der Waals surface area contributed by atoms with Gasteiger partial charge in [-0.3, -0.25) is 4.79 Å². The van der Waals surface area contributed by atoms with Gasteiger partial charge in [-0.15, -0.1) is 0 Å². The molecule has 36 heavy (non-hydrogen) atoms. The summed E-state index contributed by atoms with van der Waals surface area (Å²) in [6.45, 7) is 3.65. The molecule has 0 saturated heterocycles. The molecule has 0 radical (unpaired) electrons. The fraction of sp³-hybridized carbons (Fsp3) is 0.160. The van der Waals surface area contributed by atoms with Gasteiger partial charge < -0.3 is 10.1 Å². The number of anilines is 1. The van der Waals surface area contributed by atoms with E-state index in [9.17, 15) is 22.4 Å². The number of carbonyl (C=O) groups excluding carboxylic acids is 1. The van der Waals surface area contributed by atoms with Crippen LogP contribution in [0.2, 0.25) is 0 Å². The quantitative estimate of drug-likeness (QED) is 0.328. The Morgan fingerprint density at radius 2 is 1.86 bits per heavy atom. The number of aryl methyl sites for hydroxylation is 2. The Balaban J connectivity index is 1.62. The van der Waals surface area contributed by atoms with Crippen LogP contribution in [0.5, 0.6) is 11.6 Å². The minimum atomic E-state index is -4.69. The number of hydrogen-bond donors (Lipinski definition) is 1. The second-order valence-electron chi connectivity index (χ2n) is 7.66. The highest BCUT2D eigenvalue weighted by Crippen LogP contribution is 2.33. The second kappa shape index (κ2) is 10.1. The van der Waals surface area contributed by atoms with E-state index in [0.717, 1.165) is 0 Å². The summed E-state index contributed by atoms with van der Waals surface area (Å²) in [6.07, 6.45) is -1.17. The molecular formula is C25H19F4N5O2. The Bertz CT molecular complexity index is 1430. The summed E-state index contributed by atoms with van der Waals surface area (Å²) in [4.78, 5) is 29.7. The Morgan fingerprint density at radius 3 is 2.61 bits per heavy atom. The fourth-order valence-corrected chi connectivity index (χ4v) is 3.22. The van der Waals surface area contributed by atoms with E-state index in [0.29, 0.717) is 47.4 Å². The van der Waals surface area contributed by atoms with Gasteiger partial charge >= 0.3 is 6.18 Å². The molecular weight excluding hydrogens is 478 g/mol. The van der Waals surface area contributed by atoms with Crippen molar-refractivity contribution in [2.24, 2.45) is 0 Å². The lowest BCUT2D eigenvalue weighted by molar-refractivity contribution is -0.137. The molecule has 4 aromatic rings. The van der Waals surface area contributed by atoms with Gasteiger partial charge in [0.15, 0.2) is 5.82 Å². The van der Waals surface area contributed by atoms with E-state index in [1.807, 2.05) is 6.92 Å². The number of pyridine rings is 1. The van der Waals surface area contributed by atoms with Crippen molar-refractivity contribution < 1.29 is 27.1 Å². The molecule has 2 aromatic carbocycles. The zero-order valence-electron chi connectivity index (χ0n) is 19.1. The van der Waals surface area contributed by atoms with E-state index in [4.69, 9.17) is 4.74 Å². The number of amides is 1. The standard InChI is InChI=1S/C25H19F4N5O2/c1-3-21-31-13-32-22(34-21)17-5-4-10-30-24(17)36-20-11-15(7-6-14(20)2)23(35)33-19-12-16(25(27,28)29)8-9-18(19)26/h4-13H,3H2,1-2H3,(H,33,35). The molecule has 7 nitrogen and oxygen atoms in total. The van der Waals surface area contributed by atoms with Gasteiger partial charge in [0.2, 0.25) is 5.88 Å². The molecule has 0 unspecified atom stereocenters. The van der Waals surface area contributed by atoms with Gasteiger partial charge in [-0.05, 0) is 55.0 Å². The molecule has 0 spiro atoms. The van der Waals surface area contributed by atoms with Crippen LogP contribution in [0.1, 0.15) is 34.2 Å². The SMILES string of the molecule is CCc1ncnc(-c2cccnc2Oc2cc(C(=O)Nc3cc(C(F)(F)F)ccc3F)ccc2C)n1. The monoisotopic (exact) mass is 497 g/mol. The Hall–Kier alpha value is -4.41. The normalized spacial score (nSPS) is 11.3. The van der Waals surface area contributed by atoms with Crippen LogP contribution in [-0.2, 0) is 12.6 Å². The van der Waals surface area contributed by atoms with Crippen LogP contribution in [0.25, 0.3) is 11.4 Å². The van der Waals surface area contributed by atoms with Crippen molar-refractivity contribution in [3.05, 3.63) is 89.4 Å². The lowest BCUT2D eigenvalue weighted by atomic mass is 10.1. The average molecular weight is 497 g/mol. The minimum absolute atomic E-state index is 0.0401. The van der Waals surface area contributed by atoms with Gasteiger partial charge in [-0.25, -0.2) is 24.3 Å². The summed E-state index contributed by atoms with van der Waals surface area (Å²) in [5, 5.41) is 2.19. The average Bonchev–Trinajstić information content (AvgIpc) is 2.86. The highest BCUT2D eigenvalue weighted by atomic mass is 19.4. The van der Waals surface area contributed by atoms with E-state index in [-0.39, 0.29) is 17.2 Å². The number of nitrogens with one attached hydrogen (secondary N) is 1. The van der Waals surface area contributed by atoms with Crippen LogP contribution in [0.3, 0.4) is 0 Å². The van der Waals surface area contributed by atoms with Crippen LogP contribution >= 0.6 is 0 Å². The third-order valence-electron chi connectivity index (χ3n) is 5.15. The van der Waals surface area contributed by atoms with E-state index < -0.39 is 29.2 Å². The number of aromatic nitrogens is 4. The maximum absolute atomic E-state index is 14.1. The Labute approximate surface area is 203 Å². The largest absolute Gasteiger partial charge is 0.438 e. The van der Waals surface area contributed by atoms with E-state index in [1.54, 1.807) is 25.1 Å². The van der Waals surface area contributed by atoms with Gasteiger partial charge in [0, 0.05) is 18.2 Å². The molecule has 184 valence electrons. The van der Waals surface area contributed by atoms with Gasteiger partial charge in [0.1, 0.15) is 23.7 Å². The first-order chi connectivity index (χ1) is 17.2. The van der Waals surface area contributed by atoms with Gasteiger partial charge in [0.05, 0.1) is 16.8 Å². The Morgan fingerprint density at radius 1 is 1.06 bits per heavy atom. The molecule has 4 rings (SSSR count). The first-order valence-corrected chi connectivity index (χ1v) is 10.8. The maximum Gasteiger partial charge on any atom is 0.416 e. The molecule has 0 aliphatic heterocycles. The number of hydrogen-bond acceptors (Lipinski definition) is 6. The fourth-order valence-electron chi connectivity index (χ4n) is 3.22.